The molecule has 11 nitrogen and oxygen atoms in total. The molecular weight excluding hydrogens is 466 g/mol. The average Bonchev–Trinajstić information content (AvgIpc) is 2.83. The molecule has 3 heterocycles. The fourth-order valence-electron chi connectivity index (χ4n) is 3.71. The summed E-state index contributed by atoms with van der Waals surface area (Å²) in [6, 6.07) is 7.34. The predicted octanol–water partition coefficient (Wildman–Crippen LogP) is 4.29. The zero-order valence-corrected chi connectivity index (χ0v) is 19.9. The van der Waals surface area contributed by atoms with Gasteiger partial charge >= 0.3 is 6.09 Å². The molecule has 0 aliphatic carbocycles. The monoisotopic (exact) mass is 495 g/mol. The summed E-state index contributed by atoms with van der Waals surface area (Å²) in [6.07, 6.45) is 2.41. The highest BCUT2D eigenvalue weighted by molar-refractivity contribution is 8.16. The third-order valence-electron chi connectivity index (χ3n) is 5.65. The number of amides is 1. The van der Waals surface area contributed by atoms with E-state index in [0.29, 0.717) is 55.6 Å². The summed E-state index contributed by atoms with van der Waals surface area (Å²) >= 11 is -3.37. The minimum atomic E-state index is -3.37. The van der Waals surface area contributed by atoms with Crippen molar-refractivity contribution in [3.63, 3.8) is 0 Å². The highest BCUT2D eigenvalue weighted by atomic mass is 32.3. The molecule has 2 aromatic rings. The van der Waals surface area contributed by atoms with Gasteiger partial charge in [-0.3, -0.25) is 17.5 Å². The third kappa shape index (κ3) is 6.07. The molecule has 2 N–H and O–H groups in total. The molecule has 2 aliphatic rings. The van der Waals surface area contributed by atoms with Gasteiger partial charge in [-0.1, -0.05) is 12.1 Å². The molecule has 1 aromatic heterocycles. The molecule has 186 valence electrons. The Kier molecular flexibility index (Phi) is 7.73. The molecule has 0 bridgehead atoms. The molecule has 4 rings (SSSR count). The van der Waals surface area contributed by atoms with Crippen LogP contribution in [0.3, 0.4) is 0 Å². The Morgan fingerprint density at radius 2 is 1.76 bits per heavy atom. The van der Waals surface area contributed by atoms with Crippen LogP contribution in [0.4, 0.5) is 4.79 Å². The summed E-state index contributed by atoms with van der Waals surface area (Å²) in [4.78, 5) is 22.0. The second-order valence-corrected chi connectivity index (χ2v) is 9.36. The first-order valence-electron chi connectivity index (χ1n) is 11.1. The molecule has 2 fully saturated rings. The molecule has 2 aliphatic heterocycles. The summed E-state index contributed by atoms with van der Waals surface area (Å²) in [5, 5.41) is 0. The molecule has 1 amide bonds. The number of carbonyl (C=O) groups excluding carboxylic acids is 1. The van der Waals surface area contributed by atoms with Crippen LogP contribution in [0.1, 0.15) is 36.8 Å². The Balaban J connectivity index is 1.34. The lowest BCUT2D eigenvalue weighted by atomic mass is 10.0. The molecule has 0 unspecified atom stereocenters. The van der Waals surface area contributed by atoms with Crippen LogP contribution in [-0.4, -0.2) is 69.1 Å². The zero-order chi connectivity index (χ0) is 24.1. The van der Waals surface area contributed by atoms with E-state index in [1.54, 1.807) is 24.0 Å². The number of rotatable bonds is 6. The van der Waals surface area contributed by atoms with Crippen molar-refractivity contribution in [3.8, 4) is 17.5 Å². The van der Waals surface area contributed by atoms with Gasteiger partial charge in [0.25, 0.3) is 0 Å². The van der Waals surface area contributed by atoms with Crippen molar-refractivity contribution >= 4 is 17.2 Å². The van der Waals surface area contributed by atoms with E-state index in [4.69, 9.17) is 22.6 Å². The van der Waals surface area contributed by atoms with Gasteiger partial charge in [-0.15, -0.1) is 0 Å². The van der Waals surface area contributed by atoms with E-state index in [1.165, 1.54) is 6.33 Å². The van der Waals surface area contributed by atoms with Gasteiger partial charge in [0, 0.05) is 31.8 Å². The van der Waals surface area contributed by atoms with Crippen molar-refractivity contribution in [3.05, 3.63) is 41.7 Å². The van der Waals surface area contributed by atoms with Crippen LogP contribution < -0.4 is 9.47 Å². The molecule has 12 heteroatoms. The maximum atomic E-state index is 11.9. The van der Waals surface area contributed by atoms with Gasteiger partial charge in [-0.25, -0.2) is 14.8 Å². The number of carbonyl (C=O) groups is 1. The fraction of sp³-hybridized carbons (Fsp3) is 0.500. The van der Waals surface area contributed by atoms with Crippen molar-refractivity contribution < 1.29 is 36.5 Å². The minimum absolute atomic E-state index is 0.0650. The van der Waals surface area contributed by atoms with Gasteiger partial charge in [0.2, 0.25) is 22.9 Å². The first-order valence-corrected chi connectivity index (χ1v) is 12.5. The topological polar surface area (TPSA) is 133 Å². The Morgan fingerprint density at radius 3 is 2.41 bits per heavy atom. The normalized spacial score (nSPS) is 19.9. The van der Waals surface area contributed by atoms with Crippen molar-refractivity contribution in [2.75, 3.05) is 32.9 Å². The van der Waals surface area contributed by atoms with Crippen molar-refractivity contribution in [2.45, 2.75) is 38.7 Å². The Labute approximate surface area is 199 Å². The quantitative estimate of drug-likeness (QED) is 0.598. The Morgan fingerprint density at radius 1 is 1.12 bits per heavy atom. The maximum Gasteiger partial charge on any atom is 0.409 e. The number of hydrogen-bond acceptors (Lipinski definition) is 10. The first-order chi connectivity index (χ1) is 16.3. The number of piperidine rings is 1. The summed E-state index contributed by atoms with van der Waals surface area (Å²) < 4.78 is 45.8. The lowest BCUT2D eigenvalue weighted by Crippen LogP contribution is -2.42. The van der Waals surface area contributed by atoms with Gasteiger partial charge in [0.05, 0.1) is 25.4 Å². The largest absolute Gasteiger partial charge is 0.474 e. The Bertz CT molecular complexity index is 973. The van der Waals surface area contributed by atoms with Crippen LogP contribution >= 0.6 is 11.2 Å². The van der Waals surface area contributed by atoms with E-state index in [9.17, 15) is 13.9 Å². The van der Waals surface area contributed by atoms with Crippen LogP contribution in [-0.2, 0) is 13.1 Å². The molecule has 1 aromatic carbocycles. The highest BCUT2D eigenvalue weighted by Gasteiger charge is 2.30. The van der Waals surface area contributed by atoms with Crippen molar-refractivity contribution in [1.82, 2.24) is 14.9 Å². The predicted molar refractivity (Wildman–Crippen MR) is 123 cm³/mol. The second-order valence-electron chi connectivity index (χ2n) is 8.00. The van der Waals surface area contributed by atoms with Crippen LogP contribution in [0, 0.1) is 6.92 Å². The van der Waals surface area contributed by atoms with E-state index < -0.39 is 11.2 Å². The molecule has 0 spiro atoms. The van der Waals surface area contributed by atoms with Crippen LogP contribution in [0.5, 0.6) is 17.5 Å². The lowest BCUT2D eigenvalue weighted by molar-refractivity contribution is 0.0683. The minimum Gasteiger partial charge on any atom is -0.474 e. The fourth-order valence-corrected chi connectivity index (χ4v) is 4.46. The summed E-state index contributed by atoms with van der Waals surface area (Å²) in [7, 11) is 0. The molecule has 0 atom stereocenters. The van der Waals surface area contributed by atoms with Crippen molar-refractivity contribution in [2.24, 2.45) is 0 Å². The average molecular weight is 496 g/mol. The number of likely N-dealkylation sites (tertiary alicyclic amines) is 1. The number of nitrogens with zero attached hydrogens (tertiary/aromatic N) is 3. The van der Waals surface area contributed by atoms with Gasteiger partial charge in [0.1, 0.15) is 18.2 Å². The number of benzene rings is 1. The SMILES string of the molecule is CCOC(=O)N1CCC(Oc2ncnc(Oc3ccc(C4COS(O)(O)OC4)cc3)c2C)CC1. The smallest absolute Gasteiger partial charge is 0.409 e. The van der Waals surface area contributed by atoms with Crippen molar-refractivity contribution in [1.29, 1.82) is 0 Å². The highest BCUT2D eigenvalue weighted by Crippen LogP contribution is 2.46. The van der Waals surface area contributed by atoms with E-state index in [0.717, 1.165) is 5.56 Å². The molecule has 2 saturated heterocycles. The number of aromatic nitrogens is 2. The summed E-state index contributed by atoms with van der Waals surface area (Å²) in [5.41, 5.74) is 1.61. The van der Waals surface area contributed by atoms with Crippen LogP contribution in [0.15, 0.2) is 30.6 Å². The lowest BCUT2D eigenvalue weighted by Gasteiger charge is -2.33. The second kappa shape index (κ2) is 10.7. The van der Waals surface area contributed by atoms with Gasteiger partial charge in [-0.05, 0) is 31.5 Å². The molecule has 0 saturated carbocycles. The van der Waals surface area contributed by atoms with Crippen LogP contribution in [0.25, 0.3) is 0 Å². The summed E-state index contributed by atoms with van der Waals surface area (Å²) in [5.74, 6) is 1.32. The van der Waals surface area contributed by atoms with E-state index in [-0.39, 0.29) is 31.3 Å². The number of hydrogen-bond donors (Lipinski definition) is 2. The standard InChI is InChI=1S/C22H29N3O8S/c1-3-29-22(26)25-10-8-19(9-11-25)33-21-15(2)20(23-14-24-21)32-18-6-4-16(5-7-18)17-12-30-34(27,28)31-13-17/h4-7,14,17,19,27-28H,3,8-13H2,1-2H3. The third-order valence-corrected chi connectivity index (χ3v) is 6.54. The van der Waals surface area contributed by atoms with Gasteiger partial charge in [0.15, 0.2) is 0 Å². The molecule has 34 heavy (non-hydrogen) atoms. The van der Waals surface area contributed by atoms with E-state index in [1.807, 2.05) is 19.1 Å². The number of ether oxygens (including phenoxy) is 3. The van der Waals surface area contributed by atoms with Gasteiger partial charge < -0.3 is 19.1 Å². The molecular formula is C22H29N3O8S. The first kappa shape index (κ1) is 24.5. The van der Waals surface area contributed by atoms with Crippen LogP contribution in [0.2, 0.25) is 0 Å². The van der Waals surface area contributed by atoms with E-state index >= 15 is 0 Å². The van der Waals surface area contributed by atoms with E-state index in [2.05, 4.69) is 9.97 Å². The molecule has 0 radical (unpaired) electrons. The zero-order valence-electron chi connectivity index (χ0n) is 19.1. The Hall–Kier alpha value is -2.64. The summed E-state index contributed by atoms with van der Waals surface area (Å²) in [6.45, 7) is 5.44. The van der Waals surface area contributed by atoms with Gasteiger partial charge in [-0.2, -0.15) is 0 Å². The maximum absolute atomic E-state index is 11.9.